The third kappa shape index (κ3) is 4.42. The number of ether oxygens (including phenoxy) is 2. The SMILES string of the molecule is Cc1n[nH]c(C)c1[C@H](C)CC(=O)NC[C@@H]1COC2(CCCCCC2)O1. The predicted octanol–water partition coefficient (Wildman–Crippen LogP) is 3.10. The molecule has 1 spiro atoms. The zero-order chi connectivity index (χ0) is 17.9. The van der Waals surface area contributed by atoms with Gasteiger partial charge in [-0.05, 0) is 38.2 Å². The van der Waals surface area contributed by atoms with Crippen molar-refractivity contribution in [3.63, 3.8) is 0 Å². The van der Waals surface area contributed by atoms with Crippen molar-refractivity contribution in [1.82, 2.24) is 15.5 Å². The zero-order valence-electron chi connectivity index (χ0n) is 15.7. The Labute approximate surface area is 150 Å². The van der Waals surface area contributed by atoms with Crippen LogP contribution in [0.3, 0.4) is 0 Å². The molecule has 2 N–H and O–H groups in total. The monoisotopic (exact) mass is 349 g/mol. The van der Waals surface area contributed by atoms with Gasteiger partial charge in [0.2, 0.25) is 5.91 Å². The Morgan fingerprint density at radius 1 is 1.32 bits per heavy atom. The third-order valence-corrected chi connectivity index (χ3v) is 5.48. The van der Waals surface area contributed by atoms with Crippen LogP contribution >= 0.6 is 0 Å². The second-order valence-corrected chi connectivity index (χ2v) is 7.63. The Bertz CT molecular complexity index is 571. The molecule has 1 aliphatic carbocycles. The van der Waals surface area contributed by atoms with Crippen LogP contribution in [0.2, 0.25) is 0 Å². The fourth-order valence-electron chi connectivity index (χ4n) is 4.21. The maximum atomic E-state index is 12.3. The van der Waals surface area contributed by atoms with Crippen molar-refractivity contribution in [3.05, 3.63) is 17.0 Å². The second kappa shape index (κ2) is 7.87. The van der Waals surface area contributed by atoms with Crippen LogP contribution in [0.15, 0.2) is 0 Å². The number of rotatable bonds is 5. The Morgan fingerprint density at radius 2 is 2.04 bits per heavy atom. The summed E-state index contributed by atoms with van der Waals surface area (Å²) in [7, 11) is 0. The number of hydrogen-bond acceptors (Lipinski definition) is 4. The number of H-pyrrole nitrogens is 1. The fourth-order valence-corrected chi connectivity index (χ4v) is 4.21. The van der Waals surface area contributed by atoms with Crippen molar-refractivity contribution in [1.29, 1.82) is 0 Å². The first-order valence-electron chi connectivity index (χ1n) is 9.59. The maximum Gasteiger partial charge on any atom is 0.220 e. The highest BCUT2D eigenvalue weighted by atomic mass is 16.7. The molecule has 3 rings (SSSR count). The lowest BCUT2D eigenvalue weighted by atomic mass is 9.95. The van der Waals surface area contributed by atoms with E-state index >= 15 is 0 Å². The predicted molar refractivity (Wildman–Crippen MR) is 95.4 cm³/mol. The number of aromatic amines is 1. The molecule has 2 heterocycles. The number of aromatic nitrogens is 2. The lowest BCUT2D eigenvalue weighted by molar-refractivity contribution is -0.175. The quantitative estimate of drug-likeness (QED) is 0.856. The molecule has 0 radical (unpaired) electrons. The molecular weight excluding hydrogens is 318 g/mol. The van der Waals surface area contributed by atoms with E-state index < -0.39 is 0 Å². The minimum atomic E-state index is -0.385. The summed E-state index contributed by atoms with van der Waals surface area (Å²) < 4.78 is 12.2. The molecule has 25 heavy (non-hydrogen) atoms. The fraction of sp³-hybridized carbons (Fsp3) is 0.789. The highest BCUT2D eigenvalue weighted by Crippen LogP contribution is 2.36. The highest BCUT2D eigenvalue weighted by Gasteiger charge is 2.41. The van der Waals surface area contributed by atoms with Gasteiger partial charge in [-0.1, -0.05) is 19.8 Å². The first kappa shape index (κ1) is 18.4. The van der Waals surface area contributed by atoms with Crippen molar-refractivity contribution >= 4 is 5.91 Å². The zero-order valence-corrected chi connectivity index (χ0v) is 15.7. The van der Waals surface area contributed by atoms with E-state index in [0.29, 0.717) is 19.6 Å². The molecule has 1 aromatic heterocycles. The van der Waals surface area contributed by atoms with Gasteiger partial charge >= 0.3 is 0 Å². The summed E-state index contributed by atoms with van der Waals surface area (Å²) in [5.74, 6) is -0.185. The van der Waals surface area contributed by atoms with Crippen molar-refractivity contribution in [2.45, 2.75) is 83.5 Å². The van der Waals surface area contributed by atoms with E-state index in [-0.39, 0.29) is 23.7 Å². The van der Waals surface area contributed by atoms with Gasteiger partial charge in [0, 0.05) is 31.5 Å². The molecule has 140 valence electrons. The molecular formula is C19H31N3O3. The van der Waals surface area contributed by atoms with E-state index in [1.54, 1.807) is 0 Å². The van der Waals surface area contributed by atoms with Gasteiger partial charge in [-0.15, -0.1) is 0 Å². The number of carbonyl (C=O) groups excluding carboxylic acids is 1. The van der Waals surface area contributed by atoms with Gasteiger partial charge in [0.15, 0.2) is 5.79 Å². The van der Waals surface area contributed by atoms with Crippen molar-refractivity contribution in [2.75, 3.05) is 13.2 Å². The average Bonchev–Trinajstić information content (AvgIpc) is 3.03. The Kier molecular flexibility index (Phi) is 5.79. The van der Waals surface area contributed by atoms with E-state index in [4.69, 9.17) is 9.47 Å². The lowest BCUT2D eigenvalue weighted by Gasteiger charge is -2.26. The summed E-state index contributed by atoms with van der Waals surface area (Å²) in [6.45, 7) is 7.15. The van der Waals surface area contributed by atoms with E-state index in [9.17, 15) is 4.79 Å². The minimum Gasteiger partial charge on any atom is -0.353 e. The topological polar surface area (TPSA) is 76.2 Å². The van der Waals surface area contributed by atoms with Crippen LogP contribution in [-0.4, -0.2) is 41.1 Å². The molecule has 2 aliphatic rings. The number of amides is 1. The minimum absolute atomic E-state index is 0.0326. The molecule has 1 amide bonds. The number of hydrogen-bond donors (Lipinski definition) is 2. The van der Waals surface area contributed by atoms with Crippen LogP contribution in [0.4, 0.5) is 0 Å². The molecule has 6 heteroatoms. The molecule has 2 atom stereocenters. The van der Waals surface area contributed by atoms with Crippen LogP contribution in [-0.2, 0) is 14.3 Å². The smallest absolute Gasteiger partial charge is 0.220 e. The summed E-state index contributed by atoms with van der Waals surface area (Å²) in [5.41, 5.74) is 3.16. The molecule has 6 nitrogen and oxygen atoms in total. The van der Waals surface area contributed by atoms with E-state index in [1.807, 2.05) is 13.8 Å². The van der Waals surface area contributed by atoms with E-state index in [2.05, 4.69) is 22.4 Å². The number of carbonyl (C=O) groups is 1. The van der Waals surface area contributed by atoms with Crippen LogP contribution < -0.4 is 5.32 Å². The first-order chi connectivity index (χ1) is 12.0. The molecule has 0 aromatic carbocycles. The summed E-state index contributed by atoms with van der Waals surface area (Å²) >= 11 is 0. The van der Waals surface area contributed by atoms with Gasteiger partial charge < -0.3 is 14.8 Å². The van der Waals surface area contributed by atoms with Gasteiger partial charge in [-0.2, -0.15) is 5.10 Å². The van der Waals surface area contributed by atoms with Gasteiger partial charge in [0.05, 0.1) is 12.3 Å². The molecule has 0 bridgehead atoms. The number of nitrogens with one attached hydrogen (secondary N) is 2. The normalized spacial score (nSPS) is 24.2. The second-order valence-electron chi connectivity index (χ2n) is 7.63. The van der Waals surface area contributed by atoms with E-state index in [0.717, 1.165) is 29.8 Å². The van der Waals surface area contributed by atoms with Gasteiger partial charge in [-0.25, -0.2) is 0 Å². The van der Waals surface area contributed by atoms with Gasteiger partial charge in [0.25, 0.3) is 0 Å². The highest BCUT2D eigenvalue weighted by molar-refractivity contribution is 5.76. The molecule has 1 aromatic rings. The summed E-state index contributed by atoms with van der Waals surface area (Å²) in [4.78, 5) is 12.3. The van der Waals surface area contributed by atoms with Crippen LogP contribution in [0.5, 0.6) is 0 Å². The molecule has 1 aliphatic heterocycles. The Morgan fingerprint density at radius 3 is 2.68 bits per heavy atom. The van der Waals surface area contributed by atoms with Crippen molar-refractivity contribution < 1.29 is 14.3 Å². The number of aryl methyl sites for hydroxylation is 2. The number of nitrogens with zero attached hydrogens (tertiary/aromatic N) is 1. The van der Waals surface area contributed by atoms with Crippen LogP contribution in [0, 0.1) is 13.8 Å². The van der Waals surface area contributed by atoms with Crippen LogP contribution in [0.25, 0.3) is 0 Å². The van der Waals surface area contributed by atoms with Gasteiger partial charge in [-0.3, -0.25) is 9.89 Å². The standard InChI is InChI=1S/C19H31N3O3/c1-13(18-14(2)21-22-15(18)3)10-17(23)20-11-16-12-24-19(25-16)8-6-4-5-7-9-19/h13,16H,4-12H2,1-3H3,(H,20,23)(H,21,22)/t13-,16-/m1/s1. The van der Waals surface area contributed by atoms with Crippen molar-refractivity contribution in [2.24, 2.45) is 0 Å². The van der Waals surface area contributed by atoms with E-state index in [1.165, 1.54) is 25.7 Å². The molecule has 0 unspecified atom stereocenters. The summed E-state index contributed by atoms with van der Waals surface area (Å²) in [6.07, 6.45) is 7.25. The molecule has 2 fully saturated rings. The Hall–Kier alpha value is -1.40. The average molecular weight is 349 g/mol. The largest absolute Gasteiger partial charge is 0.353 e. The third-order valence-electron chi connectivity index (χ3n) is 5.48. The maximum absolute atomic E-state index is 12.3. The van der Waals surface area contributed by atoms with Crippen LogP contribution in [0.1, 0.15) is 74.7 Å². The first-order valence-corrected chi connectivity index (χ1v) is 9.59. The summed E-state index contributed by atoms with van der Waals surface area (Å²) in [5, 5.41) is 10.2. The Balaban J connectivity index is 1.45. The molecule has 1 saturated heterocycles. The van der Waals surface area contributed by atoms with Gasteiger partial charge in [0.1, 0.15) is 6.10 Å². The van der Waals surface area contributed by atoms with Crippen molar-refractivity contribution in [3.8, 4) is 0 Å². The lowest BCUT2D eigenvalue weighted by Crippen LogP contribution is -2.36. The molecule has 1 saturated carbocycles. The summed E-state index contributed by atoms with van der Waals surface area (Å²) in [6, 6.07) is 0.